The summed E-state index contributed by atoms with van der Waals surface area (Å²) in [5, 5.41) is 0. The molecule has 0 bridgehead atoms. The second kappa shape index (κ2) is 8.75. The quantitative estimate of drug-likeness (QED) is 0.429. The van der Waals surface area contributed by atoms with Gasteiger partial charge in [-0.25, -0.2) is 13.6 Å². The van der Waals surface area contributed by atoms with Gasteiger partial charge < -0.3 is 14.2 Å². The van der Waals surface area contributed by atoms with Gasteiger partial charge in [-0.15, -0.1) is 0 Å². The molecule has 0 saturated heterocycles. The van der Waals surface area contributed by atoms with Crippen LogP contribution in [0.15, 0.2) is 42.5 Å². The largest absolute Gasteiger partial charge is 0.497 e. The number of rotatable bonds is 7. The number of methoxy groups -OCH3 is 2. The molecule has 0 aliphatic carbocycles. The SMILES string of the molecule is COc1ccc(OC)c(/C=C/C(=O)OCC(=O)c2ccc(F)c(F)c2)c1. The highest BCUT2D eigenvalue weighted by Gasteiger charge is 2.12. The van der Waals surface area contributed by atoms with Crippen LogP contribution in [0, 0.1) is 11.6 Å². The van der Waals surface area contributed by atoms with Gasteiger partial charge in [-0.1, -0.05) is 0 Å². The molecule has 0 spiro atoms. The van der Waals surface area contributed by atoms with E-state index in [-0.39, 0.29) is 5.56 Å². The Morgan fingerprint density at radius 1 is 1.00 bits per heavy atom. The number of halogens is 2. The molecule has 2 aromatic rings. The third-order valence-corrected chi connectivity index (χ3v) is 3.42. The van der Waals surface area contributed by atoms with Gasteiger partial charge in [0, 0.05) is 17.2 Å². The van der Waals surface area contributed by atoms with Crippen molar-refractivity contribution >= 4 is 17.8 Å². The van der Waals surface area contributed by atoms with Crippen molar-refractivity contribution < 1.29 is 32.6 Å². The van der Waals surface area contributed by atoms with E-state index in [1.54, 1.807) is 18.2 Å². The fraction of sp³-hybridized carbons (Fsp3) is 0.158. The number of ether oxygens (including phenoxy) is 3. The number of benzene rings is 2. The lowest BCUT2D eigenvalue weighted by molar-refractivity contribution is -0.136. The van der Waals surface area contributed by atoms with Gasteiger partial charge in [-0.05, 0) is 42.5 Å². The van der Waals surface area contributed by atoms with Crippen LogP contribution in [-0.2, 0) is 9.53 Å². The molecule has 0 unspecified atom stereocenters. The van der Waals surface area contributed by atoms with Gasteiger partial charge in [0.1, 0.15) is 11.5 Å². The second-order valence-corrected chi connectivity index (χ2v) is 5.10. The standard InChI is InChI=1S/C19H16F2O5/c1-24-14-5-7-18(25-2)13(9-14)4-8-19(23)26-11-17(22)12-3-6-15(20)16(21)10-12/h3-10H,11H2,1-2H3/b8-4+. The first-order valence-corrected chi connectivity index (χ1v) is 7.49. The van der Waals surface area contributed by atoms with Crippen LogP contribution in [0.4, 0.5) is 8.78 Å². The van der Waals surface area contributed by atoms with E-state index in [2.05, 4.69) is 0 Å². The van der Waals surface area contributed by atoms with E-state index in [4.69, 9.17) is 14.2 Å². The first-order chi connectivity index (χ1) is 12.4. The van der Waals surface area contributed by atoms with Gasteiger partial charge in [-0.2, -0.15) is 0 Å². The monoisotopic (exact) mass is 362 g/mol. The summed E-state index contributed by atoms with van der Waals surface area (Å²) in [6.07, 6.45) is 2.57. The van der Waals surface area contributed by atoms with Crippen molar-refractivity contribution in [3.63, 3.8) is 0 Å². The smallest absolute Gasteiger partial charge is 0.331 e. The number of hydrogen-bond donors (Lipinski definition) is 0. The molecule has 136 valence electrons. The second-order valence-electron chi connectivity index (χ2n) is 5.10. The lowest BCUT2D eigenvalue weighted by Gasteiger charge is -2.07. The zero-order valence-corrected chi connectivity index (χ0v) is 14.1. The van der Waals surface area contributed by atoms with Gasteiger partial charge in [0.05, 0.1) is 14.2 Å². The first kappa shape index (κ1) is 19.1. The van der Waals surface area contributed by atoms with E-state index in [9.17, 15) is 18.4 Å². The van der Waals surface area contributed by atoms with Crippen LogP contribution >= 0.6 is 0 Å². The summed E-state index contributed by atoms with van der Waals surface area (Å²) in [6, 6.07) is 7.74. The van der Waals surface area contributed by atoms with Crippen molar-refractivity contribution in [3.8, 4) is 11.5 Å². The minimum atomic E-state index is -1.15. The molecule has 0 N–H and O–H groups in total. The van der Waals surface area contributed by atoms with Crippen molar-refractivity contribution in [1.29, 1.82) is 0 Å². The number of esters is 1. The number of carbonyl (C=O) groups excluding carboxylic acids is 2. The Bertz CT molecular complexity index is 846. The molecule has 5 nitrogen and oxygen atoms in total. The Hall–Kier alpha value is -3.22. The summed E-state index contributed by atoms with van der Waals surface area (Å²) >= 11 is 0. The number of hydrogen-bond acceptors (Lipinski definition) is 5. The van der Waals surface area contributed by atoms with Crippen molar-refractivity contribution in [3.05, 3.63) is 65.2 Å². The Balaban J connectivity index is 1.99. The Morgan fingerprint density at radius 3 is 2.42 bits per heavy atom. The Labute approximate surface area is 148 Å². The molecule has 2 rings (SSSR count). The van der Waals surface area contributed by atoms with E-state index in [1.807, 2.05) is 0 Å². The van der Waals surface area contributed by atoms with Gasteiger partial charge >= 0.3 is 5.97 Å². The number of ketones is 1. The molecule has 0 fully saturated rings. The van der Waals surface area contributed by atoms with Crippen LogP contribution < -0.4 is 9.47 Å². The van der Waals surface area contributed by atoms with E-state index in [0.717, 1.165) is 24.3 Å². The molecule has 2 aromatic carbocycles. The molecule has 7 heteroatoms. The molecule has 26 heavy (non-hydrogen) atoms. The summed E-state index contributed by atoms with van der Waals surface area (Å²) in [5.41, 5.74) is 0.492. The van der Waals surface area contributed by atoms with Crippen LogP contribution in [0.1, 0.15) is 15.9 Å². The minimum absolute atomic E-state index is 0.0878. The van der Waals surface area contributed by atoms with Gasteiger partial charge in [0.2, 0.25) is 0 Å². The molecule has 0 atom stereocenters. The summed E-state index contributed by atoms with van der Waals surface area (Å²) in [4.78, 5) is 23.6. The fourth-order valence-electron chi connectivity index (χ4n) is 2.07. The third kappa shape index (κ3) is 4.89. The van der Waals surface area contributed by atoms with E-state index in [0.29, 0.717) is 17.1 Å². The van der Waals surface area contributed by atoms with Crippen LogP contribution in [-0.4, -0.2) is 32.6 Å². The fourth-order valence-corrected chi connectivity index (χ4v) is 2.07. The number of carbonyl (C=O) groups is 2. The third-order valence-electron chi connectivity index (χ3n) is 3.42. The van der Waals surface area contributed by atoms with Crippen molar-refractivity contribution in [2.45, 2.75) is 0 Å². The maximum absolute atomic E-state index is 13.1. The highest BCUT2D eigenvalue weighted by atomic mass is 19.2. The van der Waals surface area contributed by atoms with Gasteiger partial charge in [-0.3, -0.25) is 4.79 Å². The highest BCUT2D eigenvalue weighted by Crippen LogP contribution is 2.25. The molecule has 0 aliphatic heterocycles. The topological polar surface area (TPSA) is 61.8 Å². The lowest BCUT2D eigenvalue weighted by atomic mass is 10.1. The summed E-state index contributed by atoms with van der Waals surface area (Å²) in [5.74, 6) is -2.53. The van der Waals surface area contributed by atoms with Gasteiger partial charge in [0.25, 0.3) is 0 Å². The van der Waals surface area contributed by atoms with Crippen molar-refractivity contribution in [1.82, 2.24) is 0 Å². The van der Waals surface area contributed by atoms with E-state index >= 15 is 0 Å². The van der Waals surface area contributed by atoms with Crippen LogP contribution in [0.5, 0.6) is 11.5 Å². The first-order valence-electron chi connectivity index (χ1n) is 7.49. The van der Waals surface area contributed by atoms with Crippen molar-refractivity contribution in [2.24, 2.45) is 0 Å². The molecule has 0 heterocycles. The van der Waals surface area contributed by atoms with E-state index < -0.39 is 30.0 Å². The Morgan fingerprint density at radius 2 is 1.77 bits per heavy atom. The average molecular weight is 362 g/mol. The molecular formula is C19H16F2O5. The van der Waals surface area contributed by atoms with Crippen LogP contribution in [0.3, 0.4) is 0 Å². The lowest BCUT2D eigenvalue weighted by Crippen LogP contribution is -2.13. The molecule has 0 saturated carbocycles. The average Bonchev–Trinajstić information content (AvgIpc) is 2.66. The highest BCUT2D eigenvalue weighted by molar-refractivity contribution is 5.99. The summed E-state index contributed by atoms with van der Waals surface area (Å²) in [6.45, 7) is -0.594. The zero-order valence-electron chi connectivity index (χ0n) is 14.1. The summed E-state index contributed by atoms with van der Waals surface area (Å²) < 4.78 is 41.1. The van der Waals surface area contributed by atoms with Crippen LogP contribution in [0.2, 0.25) is 0 Å². The normalized spacial score (nSPS) is 10.6. The predicted molar refractivity (Wildman–Crippen MR) is 90.2 cm³/mol. The predicted octanol–water partition coefficient (Wildman–Crippen LogP) is 3.42. The Kier molecular flexibility index (Phi) is 6.43. The maximum atomic E-state index is 13.1. The van der Waals surface area contributed by atoms with E-state index in [1.165, 1.54) is 20.3 Å². The molecule has 0 radical (unpaired) electrons. The summed E-state index contributed by atoms with van der Waals surface area (Å²) in [7, 11) is 2.99. The van der Waals surface area contributed by atoms with Crippen molar-refractivity contribution in [2.75, 3.05) is 20.8 Å². The number of Topliss-reactive ketones (excluding diaryl/α,β-unsaturated/α-hetero) is 1. The van der Waals surface area contributed by atoms with Crippen LogP contribution in [0.25, 0.3) is 6.08 Å². The minimum Gasteiger partial charge on any atom is -0.497 e. The molecular weight excluding hydrogens is 346 g/mol. The molecule has 0 aliphatic rings. The molecule has 0 aromatic heterocycles. The molecule has 0 amide bonds. The zero-order chi connectivity index (χ0) is 19.1. The van der Waals surface area contributed by atoms with Gasteiger partial charge in [0.15, 0.2) is 24.0 Å². The maximum Gasteiger partial charge on any atom is 0.331 e.